The van der Waals surface area contributed by atoms with Gasteiger partial charge in [0, 0.05) is 22.6 Å². The second-order valence-electron chi connectivity index (χ2n) is 5.03. The molecule has 0 bridgehead atoms. The molecular weight excluding hydrogens is 304 g/mol. The molecule has 2 aromatic carbocycles. The summed E-state index contributed by atoms with van der Waals surface area (Å²) in [7, 11) is 0. The third-order valence-corrected chi connectivity index (χ3v) is 4.14. The van der Waals surface area contributed by atoms with Gasteiger partial charge in [-0.2, -0.15) is 0 Å². The highest BCUT2D eigenvalue weighted by Crippen LogP contribution is 2.20. The summed E-state index contributed by atoms with van der Waals surface area (Å²) in [6.07, 6.45) is 5.81. The van der Waals surface area contributed by atoms with Crippen molar-refractivity contribution in [2.75, 3.05) is 6.26 Å². The average molecular weight is 320 g/mol. The fourth-order valence-electron chi connectivity index (χ4n) is 2.22. The fourth-order valence-corrected chi connectivity index (χ4v) is 2.63. The highest BCUT2D eigenvalue weighted by atomic mass is 32.2. The Morgan fingerprint density at radius 2 is 1.65 bits per heavy atom. The summed E-state index contributed by atoms with van der Waals surface area (Å²) in [5, 5.41) is 0. The normalized spacial score (nSPS) is 11.0. The zero-order chi connectivity index (χ0) is 16.1. The zero-order valence-electron chi connectivity index (χ0n) is 12.7. The summed E-state index contributed by atoms with van der Waals surface area (Å²) in [5.41, 5.74) is 1.90. The van der Waals surface area contributed by atoms with Crippen molar-refractivity contribution in [1.82, 2.24) is 0 Å². The van der Waals surface area contributed by atoms with E-state index in [1.54, 1.807) is 11.8 Å². The number of hydrogen-bond donors (Lipinski definition) is 0. The van der Waals surface area contributed by atoms with Gasteiger partial charge in [-0.15, -0.1) is 11.8 Å². The molecule has 0 aliphatic carbocycles. The summed E-state index contributed by atoms with van der Waals surface area (Å²) < 4.78 is 5.82. The Kier molecular flexibility index (Phi) is 4.79. The van der Waals surface area contributed by atoms with Crippen LogP contribution in [0, 0.1) is 0 Å². The quantitative estimate of drug-likeness (QED) is 0.619. The van der Waals surface area contributed by atoms with Gasteiger partial charge >= 0.3 is 0 Å². The molecule has 23 heavy (non-hydrogen) atoms. The van der Waals surface area contributed by atoms with Crippen molar-refractivity contribution < 1.29 is 4.42 Å². The molecule has 2 nitrogen and oxygen atoms in total. The molecule has 0 N–H and O–H groups in total. The van der Waals surface area contributed by atoms with E-state index in [2.05, 4.69) is 18.4 Å². The van der Waals surface area contributed by atoms with Crippen LogP contribution < -0.4 is 5.43 Å². The lowest BCUT2D eigenvalue weighted by Gasteiger charge is -2.02. The highest BCUT2D eigenvalue weighted by molar-refractivity contribution is 7.98. The van der Waals surface area contributed by atoms with Crippen molar-refractivity contribution >= 4 is 23.9 Å². The maximum Gasteiger partial charge on any atom is 0.186 e. The van der Waals surface area contributed by atoms with Crippen molar-refractivity contribution in [3.8, 4) is 11.3 Å². The van der Waals surface area contributed by atoms with E-state index in [9.17, 15) is 4.79 Å². The van der Waals surface area contributed by atoms with E-state index < -0.39 is 0 Å². The van der Waals surface area contributed by atoms with E-state index in [0.29, 0.717) is 11.5 Å². The molecule has 3 aromatic rings. The van der Waals surface area contributed by atoms with Gasteiger partial charge in [0.1, 0.15) is 11.5 Å². The van der Waals surface area contributed by atoms with Crippen molar-refractivity contribution in [2.45, 2.75) is 4.90 Å². The van der Waals surface area contributed by atoms with Gasteiger partial charge in [0.25, 0.3) is 0 Å². The number of benzene rings is 2. The molecule has 0 aliphatic heterocycles. The van der Waals surface area contributed by atoms with Gasteiger partial charge in [-0.05, 0) is 30.0 Å². The minimum atomic E-state index is -0.0625. The second kappa shape index (κ2) is 7.16. The Morgan fingerprint density at radius 1 is 0.913 bits per heavy atom. The van der Waals surface area contributed by atoms with Crippen LogP contribution in [0.1, 0.15) is 11.3 Å². The van der Waals surface area contributed by atoms with Crippen molar-refractivity contribution in [3.63, 3.8) is 0 Å². The smallest absolute Gasteiger partial charge is 0.186 e. The minimum absolute atomic E-state index is 0.0625. The molecule has 0 radical (unpaired) electrons. The van der Waals surface area contributed by atoms with Crippen LogP contribution in [-0.2, 0) is 0 Å². The lowest BCUT2D eigenvalue weighted by Crippen LogP contribution is -1.98. The zero-order valence-corrected chi connectivity index (χ0v) is 13.5. The third kappa shape index (κ3) is 4.02. The number of hydrogen-bond acceptors (Lipinski definition) is 3. The van der Waals surface area contributed by atoms with Crippen LogP contribution in [0.4, 0.5) is 0 Å². The van der Waals surface area contributed by atoms with Gasteiger partial charge in [0.05, 0.1) is 0 Å². The van der Waals surface area contributed by atoms with E-state index in [-0.39, 0.29) is 5.43 Å². The Bertz CT molecular complexity index is 862. The van der Waals surface area contributed by atoms with Crippen LogP contribution in [0.2, 0.25) is 0 Å². The van der Waals surface area contributed by atoms with E-state index in [1.165, 1.54) is 17.0 Å². The van der Waals surface area contributed by atoms with Gasteiger partial charge in [-0.3, -0.25) is 4.79 Å². The van der Waals surface area contributed by atoms with E-state index in [1.807, 2.05) is 54.6 Å². The summed E-state index contributed by atoms with van der Waals surface area (Å²) in [5.74, 6) is 1.13. The van der Waals surface area contributed by atoms with Crippen molar-refractivity contribution in [3.05, 3.63) is 88.3 Å². The monoisotopic (exact) mass is 320 g/mol. The predicted octanol–water partition coefficient (Wildman–Crippen LogP) is 5.20. The van der Waals surface area contributed by atoms with Crippen LogP contribution in [0.15, 0.2) is 80.8 Å². The molecule has 1 aromatic heterocycles. The van der Waals surface area contributed by atoms with Crippen LogP contribution in [-0.4, -0.2) is 6.26 Å². The first-order valence-electron chi connectivity index (χ1n) is 7.27. The lowest BCUT2D eigenvalue weighted by molar-refractivity contribution is 0.554. The number of thioether (sulfide) groups is 1. The van der Waals surface area contributed by atoms with Crippen molar-refractivity contribution in [2.24, 2.45) is 0 Å². The van der Waals surface area contributed by atoms with Crippen molar-refractivity contribution in [1.29, 1.82) is 0 Å². The van der Waals surface area contributed by atoms with Crippen LogP contribution in [0.25, 0.3) is 23.5 Å². The summed E-state index contributed by atoms with van der Waals surface area (Å²) in [6.45, 7) is 0. The lowest BCUT2D eigenvalue weighted by atomic mass is 10.1. The predicted molar refractivity (Wildman–Crippen MR) is 97.6 cm³/mol. The summed E-state index contributed by atoms with van der Waals surface area (Å²) in [6, 6.07) is 20.9. The van der Waals surface area contributed by atoms with Crippen LogP contribution >= 0.6 is 11.8 Å². The molecule has 0 atom stereocenters. The Morgan fingerprint density at radius 3 is 2.35 bits per heavy atom. The SMILES string of the molecule is CSc1ccc(C=Cc2cc(=O)cc(-c3ccccc3)o2)cc1. The maximum absolute atomic E-state index is 11.9. The first-order chi connectivity index (χ1) is 11.2. The first kappa shape index (κ1) is 15.4. The number of rotatable bonds is 4. The minimum Gasteiger partial charge on any atom is -0.456 e. The molecule has 0 saturated heterocycles. The Labute approximate surface area is 139 Å². The molecule has 114 valence electrons. The Balaban J connectivity index is 1.89. The maximum atomic E-state index is 11.9. The molecule has 3 rings (SSSR count). The van der Waals surface area contributed by atoms with E-state index in [4.69, 9.17) is 4.42 Å². The van der Waals surface area contributed by atoms with Crippen LogP contribution in [0.5, 0.6) is 0 Å². The molecule has 0 saturated carbocycles. The highest BCUT2D eigenvalue weighted by Gasteiger charge is 2.02. The van der Waals surface area contributed by atoms with E-state index >= 15 is 0 Å². The molecule has 3 heteroatoms. The molecule has 0 amide bonds. The third-order valence-electron chi connectivity index (χ3n) is 3.40. The molecule has 1 heterocycles. The van der Waals surface area contributed by atoms with Gasteiger partial charge in [0.2, 0.25) is 0 Å². The largest absolute Gasteiger partial charge is 0.456 e. The molecule has 0 unspecified atom stereocenters. The first-order valence-corrected chi connectivity index (χ1v) is 8.50. The Hall–Kier alpha value is -2.52. The van der Waals surface area contributed by atoms with Gasteiger partial charge in [0.15, 0.2) is 5.43 Å². The van der Waals surface area contributed by atoms with Crippen LogP contribution in [0.3, 0.4) is 0 Å². The second-order valence-corrected chi connectivity index (χ2v) is 5.91. The van der Waals surface area contributed by atoms with E-state index in [0.717, 1.165) is 11.1 Å². The van der Waals surface area contributed by atoms with Gasteiger partial charge in [-0.25, -0.2) is 0 Å². The molecular formula is C20H16O2S. The molecule has 0 aliphatic rings. The summed E-state index contributed by atoms with van der Waals surface area (Å²) >= 11 is 1.71. The topological polar surface area (TPSA) is 30.2 Å². The molecule has 0 fully saturated rings. The standard InChI is InChI=1S/C20H16O2S/c1-23-19-11-8-15(9-12-19)7-10-18-13-17(21)14-20(22-18)16-5-3-2-4-6-16/h2-14H,1H3. The summed E-state index contributed by atoms with van der Waals surface area (Å²) in [4.78, 5) is 13.1. The average Bonchev–Trinajstić information content (AvgIpc) is 2.61. The van der Waals surface area contributed by atoms with Gasteiger partial charge < -0.3 is 4.42 Å². The molecule has 0 spiro atoms. The van der Waals surface area contributed by atoms with Gasteiger partial charge in [-0.1, -0.05) is 48.5 Å². The fraction of sp³-hybridized carbons (Fsp3) is 0.0500.